The molecule has 0 aliphatic carbocycles. The fourth-order valence-electron chi connectivity index (χ4n) is 0. The van der Waals surface area contributed by atoms with Gasteiger partial charge in [-0.25, -0.2) is 0 Å². The molecule has 37 valence electrons. The van der Waals surface area contributed by atoms with Crippen molar-refractivity contribution in [1.82, 2.24) is 0 Å². The SMILES string of the molecule is O.[OH-].[OH-].[OH-].[Ru+3]. The first-order valence-corrected chi connectivity index (χ1v) is 0. The molecule has 0 heterocycles. The van der Waals surface area contributed by atoms with Crippen molar-refractivity contribution in [3.63, 3.8) is 0 Å². The van der Waals surface area contributed by atoms with Crippen molar-refractivity contribution in [2.45, 2.75) is 0 Å². The smallest absolute Gasteiger partial charge is 0.870 e. The van der Waals surface area contributed by atoms with Gasteiger partial charge in [0.05, 0.1) is 0 Å². The Kier molecular flexibility index (Phi) is 25300. The average molecular weight is 170 g/mol. The molecule has 0 aliphatic rings. The fraction of sp³-hybridized carbons (Fsp3) is 0. The summed E-state index contributed by atoms with van der Waals surface area (Å²) in [6.07, 6.45) is 0. The second-order valence-corrected chi connectivity index (χ2v) is 0. The van der Waals surface area contributed by atoms with E-state index < -0.39 is 0 Å². The van der Waals surface area contributed by atoms with Crippen LogP contribution in [0.4, 0.5) is 0 Å². The molecule has 1 radical (unpaired) electrons. The Morgan fingerprint density at radius 1 is 0.600 bits per heavy atom. The van der Waals surface area contributed by atoms with Crippen molar-refractivity contribution in [1.29, 1.82) is 0 Å². The molecule has 0 rings (SSSR count). The van der Waals surface area contributed by atoms with Gasteiger partial charge in [0.15, 0.2) is 0 Å². The van der Waals surface area contributed by atoms with E-state index in [1.807, 2.05) is 0 Å². The van der Waals surface area contributed by atoms with Crippen LogP contribution in [-0.4, -0.2) is 21.9 Å². The molecule has 0 fully saturated rings. The van der Waals surface area contributed by atoms with Crippen LogP contribution in [0, 0.1) is 0 Å². The standard InChI is InChI=1S/4H2O.Ru/h4*1H2;/q;;;;+3/p-3. The normalized spacial score (nSPS) is 0. The van der Waals surface area contributed by atoms with E-state index in [4.69, 9.17) is 0 Å². The van der Waals surface area contributed by atoms with Gasteiger partial charge < -0.3 is 21.9 Å². The van der Waals surface area contributed by atoms with Crippen LogP contribution in [0.15, 0.2) is 0 Å². The summed E-state index contributed by atoms with van der Waals surface area (Å²) in [6, 6.07) is 0. The molecular formula is H5O4Ru. The topological polar surface area (TPSA) is 122 Å². The monoisotopic (exact) mass is 171 g/mol. The minimum Gasteiger partial charge on any atom is -0.870 e. The molecule has 0 spiro atoms. The van der Waals surface area contributed by atoms with Gasteiger partial charge in [0.2, 0.25) is 0 Å². The van der Waals surface area contributed by atoms with Gasteiger partial charge in [-0.3, -0.25) is 0 Å². The third-order valence-electron chi connectivity index (χ3n) is 0. The van der Waals surface area contributed by atoms with Gasteiger partial charge in [-0.15, -0.1) is 0 Å². The summed E-state index contributed by atoms with van der Waals surface area (Å²) in [5, 5.41) is 0. The first kappa shape index (κ1) is 507. The van der Waals surface area contributed by atoms with E-state index in [1.54, 1.807) is 0 Å². The van der Waals surface area contributed by atoms with Crippen molar-refractivity contribution in [2.75, 3.05) is 0 Å². The Hall–Kier alpha value is 0.463. The van der Waals surface area contributed by atoms with Crippen molar-refractivity contribution >= 4 is 0 Å². The Morgan fingerprint density at radius 2 is 0.600 bits per heavy atom. The number of hydrogen-bond acceptors (Lipinski definition) is 3. The zero-order chi connectivity index (χ0) is 0. The van der Waals surface area contributed by atoms with E-state index >= 15 is 0 Å². The van der Waals surface area contributed by atoms with Crippen molar-refractivity contribution in [3.8, 4) is 0 Å². The summed E-state index contributed by atoms with van der Waals surface area (Å²) < 4.78 is 0. The largest absolute Gasteiger partial charge is 3.00 e. The molecule has 5 heteroatoms. The van der Waals surface area contributed by atoms with Crippen molar-refractivity contribution < 1.29 is 41.4 Å². The molecule has 0 aromatic carbocycles. The molecule has 0 atom stereocenters. The first-order chi connectivity index (χ1) is 0. The molecule has 0 amide bonds. The predicted molar refractivity (Wildman–Crippen MR) is 9.42 cm³/mol. The summed E-state index contributed by atoms with van der Waals surface area (Å²) >= 11 is 0. The van der Waals surface area contributed by atoms with E-state index in [2.05, 4.69) is 0 Å². The third kappa shape index (κ3) is 126. The predicted octanol–water partition coefficient (Wildman–Crippen LogP) is -1.36. The number of rotatable bonds is 0. The van der Waals surface area contributed by atoms with Crippen LogP contribution < -0.4 is 0 Å². The van der Waals surface area contributed by atoms with E-state index in [-0.39, 0.29) is 41.4 Å². The molecule has 0 aromatic heterocycles. The van der Waals surface area contributed by atoms with E-state index in [0.29, 0.717) is 0 Å². The molecule has 0 bridgehead atoms. The Bertz CT molecular complexity index is 3.61. The maximum atomic E-state index is 0. The fourth-order valence-corrected chi connectivity index (χ4v) is 0. The summed E-state index contributed by atoms with van der Waals surface area (Å²) in [5.74, 6) is 0. The second kappa shape index (κ2) is 249. The Balaban J connectivity index is 0. The van der Waals surface area contributed by atoms with Crippen LogP contribution in [0.2, 0.25) is 0 Å². The first-order valence-electron chi connectivity index (χ1n) is 0. The Labute approximate surface area is 42.2 Å². The zero-order valence-electron chi connectivity index (χ0n) is 2.20. The maximum Gasteiger partial charge on any atom is 3.00 e. The van der Waals surface area contributed by atoms with Gasteiger partial charge >= 0.3 is 19.5 Å². The summed E-state index contributed by atoms with van der Waals surface area (Å²) in [6.45, 7) is 0. The van der Waals surface area contributed by atoms with Crippen LogP contribution in [0.1, 0.15) is 0 Å². The Morgan fingerprint density at radius 3 is 0.600 bits per heavy atom. The summed E-state index contributed by atoms with van der Waals surface area (Å²) in [4.78, 5) is 0. The minimum atomic E-state index is 0. The molecule has 4 nitrogen and oxygen atoms in total. The van der Waals surface area contributed by atoms with Gasteiger partial charge in [-0.1, -0.05) is 0 Å². The summed E-state index contributed by atoms with van der Waals surface area (Å²) in [7, 11) is 0. The molecule has 0 aliphatic heterocycles. The van der Waals surface area contributed by atoms with Crippen LogP contribution in [0.25, 0.3) is 0 Å². The van der Waals surface area contributed by atoms with Crippen LogP contribution in [0.3, 0.4) is 0 Å². The molecular weight excluding hydrogens is 165 g/mol. The van der Waals surface area contributed by atoms with Gasteiger partial charge in [0.1, 0.15) is 0 Å². The van der Waals surface area contributed by atoms with Gasteiger partial charge in [0, 0.05) is 0 Å². The van der Waals surface area contributed by atoms with E-state index in [0.717, 1.165) is 0 Å². The quantitative estimate of drug-likeness (QED) is 0.417. The van der Waals surface area contributed by atoms with Crippen molar-refractivity contribution in [2.24, 2.45) is 0 Å². The molecule has 0 saturated heterocycles. The van der Waals surface area contributed by atoms with Gasteiger partial charge in [-0.05, 0) is 0 Å². The maximum absolute atomic E-state index is 0. The third-order valence-corrected chi connectivity index (χ3v) is 0. The average Bonchev–Trinajstić information content (AvgIpc) is 0. The van der Waals surface area contributed by atoms with Crippen molar-refractivity contribution in [3.05, 3.63) is 0 Å². The number of hydrogen-bond donors (Lipinski definition) is 0. The van der Waals surface area contributed by atoms with Crippen LogP contribution in [-0.2, 0) is 19.5 Å². The van der Waals surface area contributed by atoms with Crippen LogP contribution >= 0.6 is 0 Å². The molecule has 0 aromatic rings. The molecule has 0 unspecified atom stereocenters. The van der Waals surface area contributed by atoms with Crippen LogP contribution in [0.5, 0.6) is 0 Å². The summed E-state index contributed by atoms with van der Waals surface area (Å²) in [5.41, 5.74) is 0. The van der Waals surface area contributed by atoms with E-state index in [9.17, 15) is 0 Å². The van der Waals surface area contributed by atoms with E-state index in [1.165, 1.54) is 0 Å². The molecule has 5 N–H and O–H groups in total. The molecule has 5 heavy (non-hydrogen) atoms. The van der Waals surface area contributed by atoms with Gasteiger partial charge in [-0.2, -0.15) is 0 Å². The molecule has 0 saturated carbocycles. The zero-order valence-corrected chi connectivity index (χ0v) is 3.93. The van der Waals surface area contributed by atoms with Gasteiger partial charge in [0.25, 0.3) is 0 Å². The second-order valence-electron chi connectivity index (χ2n) is 0. The minimum absolute atomic E-state index is 0.